The van der Waals surface area contributed by atoms with E-state index in [4.69, 9.17) is 9.72 Å². The Balaban J connectivity index is 1.72. The van der Waals surface area contributed by atoms with E-state index < -0.39 is 0 Å². The van der Waals surface area contributed by atoms with Crippen LogP contribution in [0.25, 0.3) is 10.9 Å². The maximum absolute atomic E-state index is 13.1. The van der Waals surface area contributed by atoms with Crippen molar-refractivity contribution in [1.82, 2.24) is 14.5 Å². The molecule has 2 aromatic rings. The molecule has 26 heavy (non-hydrogen) atoms. The SMILES string of the molecule is COCCn1c(C2CCCN2CC2CCCC2)nc2ccccc2c1=O. The molecular formula is C21H29N3O2. The van der Waals surface area contributed by atoms with Crippen LogP contribution in [-0.2, 0) is 11.3 Å². The zero-order valence-corrected chi connectivity index (χ0v) is 15.7. The number of aromatic nitrogens is 2. The smallest absolute Gasteiger partial charge is 0.261 e. The van der Waals surface area contributed by atoms with E-state index in [1.165, 1.54) is 32.1 Å². The average Bonchev–Trinajstić information content (AvgIpc) is 3.33. The van der Waals surface area contributed by atoms with Crippen molar-refractivity contribution in [2.45, 2.75) is 51.1 Å². The van der Waals surface area contributed by atoms with Crippen LogP contribution in [-0.4, -0.2) is 41.3 Å². The predicted molar refractivity (Wildman–Crippen MR) is 103 cm³/mol. The van der Waals surface area contributed by atoms with Gasteiger partial charge >= 0.3 is 0 Å². The summed E-state index contributed by atoms with van der Waals surface area (Å²) in [6, 6.07) is 7.96. The molecule has 0 amide bonds. The summed E-state index contributed by atoms with van der Waals surface area (Å²) in [5, 5.41) is 0.702. The molecule has 1 aromatic heterocycles. The monoisotopic (exact) mass is 355 g/mol. The number of fused-ring (bicyclic) bond motifs is 1. The van der Waals surface area contributed by atoms with Gasteiger partial charge < -0.3 is 4.74 Å². The fourth-order valence-electron chi connectivity index (χ4n) is 4.70. The maximum atomic E-state index is 13.1. The highest BCUT2D eigenvalue weighted by Gasteiger charge is 2.32. The van der Waals surface area contributed by atoms with Crippen LogP contribution < -0.4 is 5.56 Å². The lowest BCUT2D eigenvalue weighted by molar-refractivity contribution is 0.175. The van der Waals surface area contributed by atoms with Crippen molar-refractivity contribution in [2.75, 3.05) is 26.8 Å². The fourth-order valence-corrected chi connectivity index (χ4v) is 4.70. The van der Waals surface area contributed by atoms with Gasteiger partial charge in [0.25, 0.3) is 5.56 Å². The van der Waals surface area contributed by atoms with Crippen molar-refractivity contribution in [3.63, 3.8) is 0 Å². The van der Waals surface area contributed by atoms with Crippen LogP contribution in [0.3, 0.4) is 0 Å². The second-order valence-electron chi connectivity index (χ2n) is 7.74. The zero-order chi connectivity index (χ0) is 17.9. The van der Waals surface area contributed by atoms with Gasteiger partial charge in [-0.2, -0.15) is 0 Å². The highest BCUT2D eigenvalue weighted by molar-refractivity contribution is 5.77. The highest BCUT2D eigenvalue weighted by Crippen LogP contribution is 2.34. The third-order valence-electron chi connectivity index (χ3n) is 6.04. The zero-order valence-electron chi connectivity index (χ0n) is 15.7. The number of hydrogen-bond donors (Lipinski definition) is 0. The molecule has 4 rings (SSSR count). The summed E-state index contributed by atoms with van der Waals surface area (Å²) in [5.41, 5.74) is 0.879. The molecule has 0 bridgehead atoms. The Labute approximate surface area is 155 Å². The third-order valence-corrected chi connectivity index (χ3v) is 6.04. The van der Waals surface area contributed by atoms with Crippen LogP contribution in [0, 0.1) is 5.92 Å². The Bertz CT molecular complexity index is 810. The van der Waals surface area contributed by atoms with E-state index in [-0.39, 0.29) is 11.6 Å². The van der Waals surface area contributed by atoms with Gasteiger partial charge in [0.05, 0.1) is 30.1 Å². The molecule has 1 unspecified atom stereocenters. The second kappa shape index (κ2) is 7.89. The van der Waals surface area contributed by atoms with Gasteiger partial charge in [-0.3, -0.25) is 14.3 Å². The molecule has 1 saturated heterocycles. The molecule has 140 valence electrons. The van der Waals surface area contributed by atoms with Crippen LogP contribution >= 0.6 is 0 Å². The minimum atomic E-state index is 0.0652. The number of rotatable bonds is 6. The molecule has 2 fully saturated rings. The van der Waals surface area contributed by atoms with E-state index >= 15 is 0 Å². The summed E-state index contributed by atoms with van der Waals surface area (Å²) < 4.78 is 7.13. The van der Waals surface area contributed by atoms with Crippen molar-refractivity contribution in [1.29, 1.82) is 0 Å². The minimum Gasteiger partial charge on any atom is -0.383 e. The topological polar surface area (TPSA) is 47.4 Å². The summed E-state index contributed by atoms with van der Waals surface area (Å²) in [7, 11) is 1.68. The first-order valence-electron chi connectivity index (χ1n) is 10.0. The largest absolute Gasteiger partial charge is 0.383 e. The molecule has 1 aliphatic carbocycles. The first kappa shape index (κ1) is 17.7. The van der Waals surface area contributed by atoms with E-state index in [2.05, 4.69) is 4.90 Å². The third kappa shape index (κ3) is 3.42. The van der Waals surface area contributed by atoms with Crippen LogP contribution in [0.5, 0.6) is 0 Å². The van der Waals surface area contributed by atoms with E-state index in [1.54, 1.807) is 7.11 Å². The molecule has 5 nitrogen and oxygen atoms in total. The molecule has 0 spiro atoms. The normalized spacial score (nSPS) is 21.8. The van der Waals surface area contributed by atoms with E-state index in [1.807, 2.05) is 28.8 Å². The lowest BCUT2D eigenvalue weighted by atomic mass is 10.1. The van der Waals surface area contributed by atoms with Crippen molar-refractivity contribution in [2.24, 2.45) is 5.92 Å². The second-order valence-corrected chi connectivity index (χ2v) is 7.74. The van der Waals surface area contributed by atoms with E-state index in [9.17, 15) is 4.79 Å². The van der Waals surface area contributed by atoms with Crippen LogP contribution in [0.2, 0.25) is 0 Å². The number of methoxy groups -OCH3 is 1. The standard InChI is InChI=1S/C21H29N3O2/c1-26-14-13-24-20(22-18-10-5-4-9-17(18)21(24)25)19-11-6-12-23(19)15-16-7-2-3-8-16/h4-5,9-10,16,19H,2-3,6-8,11-15H2,1H3. The molecule has 1 atom stereocenters. The van der Waals surface area contributed by atoms with Crippen molar-refractivity contribution in [3.05, 3.63) is 40.4 Å². The molecule has 0 radical (unpaired) electrons. The first-order valence-corrected chi connectivity index (χ1v) is 10.0. The molecule has 1 aromatic carbocycles. The van der Waals surface area contributed by atoms with Gasteiger partial charge in [0, 0.05) is 13.7 Å². The maximum Gasteiger partial charge on any atom is 0.261 e. The van der Waals surface area contributed by atoms with E-state index in [0.29, 0.717) is 18.5 Å². The number of likely N-dealkylation sites (tertiary alicyclic amines) is 1. The van der Waals surface area contributed by atoms with Gasteiger partial charge in [0.2, 0.25) is 0 Å². The average molecular weight is 355 g/mol. The van der Waals surface area contributed by atoms with Gasteiger partial charge in [-0.25, -0.2) is 4.98 Å². The Morgan fingerprint density at radius 1 is 1.15 bits per heavy atom. The van der Waals surface area contributed by atoms with Crippen molar-refractivity contribution in [3.8, 4) is 0 Å². The van der Waals surface area contributed by atoms with Gasteiger partial charge in [0.1, 0.15) is 5.82 Å². The number of para-hydroxylation sites is 1. The predicted octanol–water partition coefficient (Wildman–Crippen LogP) is 3.37. The van der Waals surface area contributed by atoms with E-state index in [0.717, 1.165) is 36.8 Å². The van der Waals surface area contributed by atoms with Crippen LogP contribution in [0.15, 0.2) is 29.1 Å². The Morgan fingerprint density at radius 2 is 1.96 bits per heavy atom. The summed E-state index contributed by atoms with van der Waals surface area (Å²) in [6.45, 7) is 3.37. The lowest BCUT2D eigenvalue weighted by Crippen LogP contribution is -2.35. The summed E-state index contributed by atoms with van der Waals surface area (Å²) in [5.74, 6) is 1.75. The molecule has 0 N–H and O–H groups in total. The molecular weight excluding hydrogens is 326 g/mol. The molecule has 2 heterocycles. The summed E-state index contributed by atoms with van der Waals surface area (Å²) >= 11 is 0. The van der Waals surface area contributed by atoms with Gasteiger partial charge in [-0.1, -0.05) is 25.0 Å². The Kier molecular flexibility index (Phi) is 5.36. The molecule has 2 aliphatic rings. The number of nitrogens with zero attached hydrogens (tertiary/aromatic N) is 3. The fraction of sp³-hybridized carbons (Fsp3) is 0.619. The Hall–Kier alpha value is -1.72. The number of benzene rings is 1. The van der Waals surface area contributed by atoms with Gasteiger partial charge in [-0.15, -0.1) is 0 Å². The van der Waals surface area contributed by atoms with Gasteiger partial charge in [0.15, 0.2) is 0 Å². The van der Waals surface area contributed by atoms with Crippen molar-refractivity contribution >= 4 is 10.9 Å². The van der Waals surface area contributed by atoms with Crippen LogP contribution in [0.4, 0.5) is 0 Å². The molecule has 1 saturated carbocycles. The Morgan fingerprint density at radius 3 is 2.77 bits per heavy atom. The summed E-state index contributed by atoms with van der Waals surface area (Å²) in [4.78, 5) is 20.7. The van der Waals surface area contributed by atoms with Crippen molar-refractivity contribution < 1.29 is 4.74 Å². The van der Waals surface area contributed by atoms with Crippen LogP contribution in [0.1, 0.15) is 50.4 Å². The number of hydrogen-bond acceptors (Lipinski definition) is 4. The summed E-state index contributed by atoms with van der Waals surface area (Å²) in [6.07, 6.45) is 7.72. The lowest BCUT2D eigenvalue weighted by Gasteiger charge is -2.28. The molecule has 1 aliphatic heterocycles. The quantitative estimate of drug-likeness (QED) is 0.797. The first-order chi connectivity index (χ1) is 12.8. The molecule has 5 heteroatoms. The highest BCUT2D eigenvalue weighted by atomic mass is 16.5. The van der Waals surface area contributed by atoms with Gasteiger partial charge in [-0.05, 0) is 50.3 Å². The minimum absolute atomic E-state index is 0.0652. The number of ether oxygens (including phenoxy) is 1.